The molecule has 16 heavy (non-hydrogen) atoms. The van der Waals surface area contributed by atoms with Crippen LogP contribution in [-0.4, -0.2) is 24.7 Å². The van der Waals surface area contributed by atoms with E-state index >= 15 is 0 Å². The van der Waals surface area contributed by atoms with E-state index < -0.39 is 0 Å². The van der Waals surface area contributed by atoms with Gasteiger partial charge in [-0.15, -0.1) is 0 Å². The molecule has 1 saturated carbocycles. The molecule has 0 aromatic carbocycles. The second-order valence-corrected chi connectivity index (χ2v) is 4.56. The van der Waals surface area contributed by atoms with Gasteiger partial charge in [-0.05, 0) is 31.2 Å². The van der Waals surface area contributed by atoms with Crippen LogP contribution in [0.25, 0.3) is 0 Å². The number of hydrogen-bond acceptors (Lipinski definition) is 3. The molecule has 0 unspecified atom stereocenters. The Labute approximate surface area is 101 Å². The van der Waals surface area contributed by atoms with Crippen molar-refractivity contribution in [2.24, 2.45) is 5.92 Å². The molecule has 0 bridgehead atoms. The number of rotatable bonds is 7. The number of aromatic nitrogens is 1. The average molecular weight is 241 g/mol. The molecule has 1 N–H and O–H groups in total. The van der Waals surface area contributed by atoms with E-state index in [0.717, 1.165) is 37.8 Å². The fraction of sp³-hybridized carbons (Fsp3) is 0.583. The van der Waals surface area contributed by atoms with E-state index in [1.54, 1.807) is 12.4 Å². The molecule has 1 aliphatic rings. The molecule has 0 aliphatic heterocycles. The first-order valence-corrected chi connectivity index (χ1v) is 6.15. The minimum Gasteiger partial charge on any atom is -0.384 e. The summed E-state index contributed by atoms with van der Waals surface area (Å²) >= 11 is 5.96. The van der Waals surface area contributed by atoms with Crippen LogP contribution >= 0.6 is 11.6 Å². The van der Waals surface area contributed by atoms with Crippen LogP contribution in [0, 0.1) is 5.92 Å². The van der Waals surface area contributed by atoms with E-state index in [4.69, 9.17) is 16.3 Å². The monoisotopic (exact) mass is 240 g/mol. The van der Waals surface area contributed by atoms with E-state index in [2.05, 4.69) is 10.3 Å². The lowest BCUT2D eigenvalue weighted by Crippen LogP contribution is -2.07. The van der Waals surface area contributed by atoms with Gasteiger partial charge >= 0.3 is 0 Å². The molecule has 2 rings (SSSR count). The second-order valence-electron chi connectivity index (χ2n) is 4.15. The van der Waals surface area contributed by atoms with Gasteiger partial charge in [0.15, 0.2) is 0 Å². The molecule has 4 heteroatoms. The highest BCUT2D eigenvalue weighted by atomic mass is 35.5. The Morgan fingerprint density at radius 1 is 1.50 bits per heavy atom. The topological polar surface area (TPSA) is 34.2 Å². The number of nitrogens with one attached hydrogen (secondary N) is 1. The Hall–Kier alpha value is -0.800. The average Bonchev–Trinajstić information content (AvgIpc) is 3.09. The Balaban J connectivity index is 1.55. The van der Waals surface area contributed by atoms with Crippen LogP contribution in [0.5, 0.6) is 0 Å². The van der Waals surface area contributed by atoms with Crippen LogP contribution < -0.4 is 5.32 Å². The largest absolute Gasteiger partial charge is 0.384 e. The molecule has 0 saturated heterocycles. The van der Waals surface area contributed by atoms with Crippen molar-refractivity contribution in [3.05, 3.63) is 23.5 Å². The summed E-state index contributed by atoms with van der Waals surface area (Å²) in [5, 5.41) is 3.93. The van der Waals surface area contributed by atoms with Crippen molar-refractivity contribution in [3.8, 4) is 0 Å². The van der Waals surface area contributed by atoms with Crippen molar-refractivity contribution in [1.29, 1.82) is 0 Å². The van der Waals surface area contributed by atoms with Gasteiger partial charge < -0.3 is 10.1 Å². The van der Waals surface area contributed by atoms with Crippen LogP contribution in [-0.2, 0) is 4.74 Å². The molecule has 1 aliphatic carbocycles. The second kappa shape index (κ2) is 6.06. The van der Waals surface area contributed by atoms with Gasteiger partial charge in [0.25, 0.3) is 0 Å². The van der Waals surface area contributed by atoms with Crippen LogP contribution in [0.15, 0.2) is 18.5 Å². The summed E-state index contributed by atoms with van der Waals surface area (Å²) in [6, 6.07) is 1.88. The van der Waals surface area contributed by atoms with Crippen molar-refractivity contribution in [2.75, 3.05) is 25.1 Å². The lowest BCUT2D eigenvalue weighted by Gasteiger charge is -2.07. The highest BCUT2D eigenvalue weighted by molar-refractivity contribution is 6.33. The molecule has 0 spiro atoms. The smallest absolute Gasteiger partial charge is 0.0820 e. The highest BCUT2D eigenvalue weighted by Gasteiger charge is 2.20. The number of halogens is 1. The van der Waals surface area contributed by atoms with Gasteiger partial charge in [0.1, 0.15) is 0 Å². The van der Waals surface area contributed by atoms with Gasteiger partial charge in [-0.25, -0.2) is 0 Å². The van der Waals surface area contributed by atoms with E-state index in [0.29, 0.717) is 5.02 Å². The third-order valence-corrected chi connectivity index (χ3v) is 2.91. The van der Waals surface area contributed by atoms with Crippen molar-refractivity contribution in [3.63, 3.8) is 0 Å². The third-order valence-electron chi connectivity index (χ3n) is 2.60. The zero-order valence-electron chi connectivity index (χ0n) is 9.29. The van der Waals surface area contributed by atoms with E-state index in [1.165, 1.54) is 12.8 Å². The van der Waals surface area contributed by atoms with Crippen molar-refractivity contribution in [2.45, 2.75) is 19.3 Å². The molecule has 1 aromatic rings. The number of pyridine rings is 1. The first kappa shape index (κ1) is 11.7. The summed E-state index contributed by atoms with van der Waals surface area (Å²) < 4.78 is 5.54. The number of hydrogen-bond donors (Lipinski definition) is 1. The minimum absolute atomic E-state index is 0.668. The van der Waals surface area contributed by atoms with Gasteiger partial charge in [0.05, 0.1) is 10.7 Å². The van der Waals surface area contributed by atoms with Crippen LogP contribution in [0.4, 0.5) is 5.69 Å². The molecule has 1 heterocycles. The van der Waals surface area contributed by atoms with Crippen molar-refractivity contribution < 1.29 is 4.74 Å². The number of ether oxygens (including phenoxy) is 1. The minimum atomic E-state index is 0.668. The van der Waals surface area contributed by atoms with Gasteiger partial charge in [0.2, 0.25) is 0 Å². The fourth-order valence-electron chi connectivity index (χ4n) is 1.45. The number of anilines is 1. The number of nitrogens with zero attached hydrogens (tertiary/aromatic N) is 1. The first-order valence-electron chi connectivity index (χ1n) is 5.77. The third kappa shape index (κ3) is 3.99. The maximum atomic E-state index is 5.96. The molecule has 1 aromatic heterocycles. The Morgan fingerprint density at radius 3 is 3.12 bits per heavy atom. The molecule has 3 nitrogen and oxygen atoms in total. The summed E-state index contributed by atoms with van der Waals surface area (Å²) in [4.78, 5) is 3.93. The molecule has 0 amide bonds. The van der Waals surface area contributed by atoms with Gasteiger partial charge in [-0.1, -0.05) is 11.6 Å². The highest BCUT2D eigenvalue weighted by Crippen LogP contribution is 2.28. The maximum Gasteiger partial charge on any atom is 0.0820 e. The Kier molecular flexibility index (Phi) is 4.43. The summed E-state index contributed by atoms with van der Waals surface area (Å²) in [7, 11) is 0. The molecular weight excluding hydrogens is 224 g/mol. The SMILES string of the molecule is Clc1cnccc1NCCCOCC1CC1. The predicted molar refractivity (Wildman–Crippen MR) is 65.9 cm³/mol. The summed E-state index contributed by atoms with van der Waals surface area (Å²) in [6.45, 7) is 2.65. The summed E-state index contributed by atoms with van der Waals surface area (Å²) in [6.07, 6.45) is 7.09. The molecule has 0 radical (unpaired) electrons. The Bertz CT molecular complexity index is 329. The van der Waals surface area contributed by atoms with Gasteiger partial charge in [-0.2, -0.15) is 0 Å². The van der Waals surface area contributed by atoms with Crippen molar-refractivity contribution >= 4 is 17.3 Å². The fourth-order valence-corrected chi connectivity index (χ4v) is 1.64. The first-order chi connectivity index (χ1) is 7.86. The normalized spacial score (nSPS) is 15.1. The molecule has 88 valence electrons. The lowest BCUT2D eigenvalue weighted by molar-refractivity contribution is 0.124. The van der Waals surface area contributed by atoms with Crippen LogP contribution in [0.2, 0.25) is 5.02 Å². The van der Waals surface area contributed by atoms with Gasteiger partial charge in [-0.3, -0.25) is 4.98 Å². The molecule has 0 atom stereocenters. The summed E-state index contributed by atoms with van der Waals surface area (Å²) in [5.74, 6) is 0.850. The quantitative estimate of drug-likeness (QED) is 0.744. The Morgan fingerprint density at radius 2 is 2.38 bits per heavy atom. The zero-order chi connectivity index (χ0) is 11.2. The predicted octanol–water partition coefficient (Wildman–Crippen LogP) is 2.96. The van der Waals surface area contributed by atoms with E-state index in [1.807, 2.05) is 6.07 Å². The summed E-state index contributed by atoms with van der Waals surface area (Å²) in [5.41, 5.74) is 0.943. The van der Waals surface area contributed by atoms with E-state index in [9.17, 15) is 0 Å². The lowest BCUT2D eigenvalue weighted by atomic mass is 10.3. The van der Waals surface area contributed by atoms with Crippen molar-refractivity contribution in [1.82, 2.24) is 4.98 Å². The standard InChI is InChI=1S/C12H17ClN2O/c13-11-8-14-6-4-12(11)15-5-1-7-16-9-10-2-3-10/h4,6,8,10H,1-3,5,7,9H2,(H,14,15). The van der Waals surface area contributed by atoms with E-state index in [-0.39, 0.29) is 0 Å². The molecular formula is C12H17ClN2O. The van der Waals surface area contributed by atoms with Crippen LogP contribution in [0.3, 0.4) is 0 Å². The molecule has 1 fully saturated rings. The van der Waals surface area contributed by atoms with Gasteiger partial charge in [0, 0.05) is 32.2 Å². The maximum absolute atomic E-state index is 5.96. The van der Waals surface area contributed by atoms with Crippen LogP contribution in [0.1, 0.15) is 19.3 Å². The zero-order valence-corrected chi connectivity index (χ0v) is 10.0.